The van der Waals surface area contributed by atoms with Crippen molar-refractivity contribution in [3.05, 3.63) is 78.1 Å². The number of piperidine rings is 1. The molecule has 3 aromatic rings. The maximum Gasteiger partial charge on any atom is 0.363 e. The van der Waals surface area contributed by atoms with Crippen molar-refractivity contribution in [2.45, 2.75) is 25.4 Å². The molecule has 0 N–H and O–H groups in total. The minimum absolute atomic E-state index is 0.0266. The Morgan fingerprint density at radius 3 is 2.23 bits per heavy atom. The van der Waals surface area contributed by atoms with E-state index in [0.717, 1.165) is 24.9 Å². The summed E-state index contributed by atoms with van der Waals surface area (Å²) in [6, 6.07) is 18.5. The molecule has 0 radical (unpaired) electrons. The van der Waals surface area contributed by atoms with E-state index in [4.69, 9.17) is 9.47 Å². The number of rotatable bonds is 6. The van der Waals surface area contributed by atoms with Crippen LogP contribution in [-0.2, 0) is 9.53 Å². The summed E-state index contributed by atoms with van der Waals surface area (Å²) in [5, 5.41) is 4.36. The molecule has 1 saturated heterocycles. The van der Waals surface area contributed by atoms with Gasteiger partial charge in [-0.25, -0.2) is 9.48 Å². The van der Waals surface area contributed by atoms with Gasteiger partial charge in [0.05, 0.1) is 19.0 Å². The Morgan fingerprint density at radius 2 is 1.58 bits per heavy atom. The second-order valence-corrected chi connectivity index (χ2v) is 7.41. The second kappa shape index (κ2) is 9.47. The number of carbonyl (C=O) groups excluding carboxylic acids is 2. The summed E-state index contributed by atoms with van der Waals surface area (Å²) in [6.45, 7) is 1.34. The number of amides is 1. The summed E-state index contributed by atoms with van der Waals surface area (Å²) in [4.78, 5) is 28.1. The Kier molecular flexibility index (Phi) is 6.31. The van der Waals surface area contributed by atoms with Crippen LogP contribution in [0.1, 0.15) is 41.4 Å². The highest BCUT2D eigenvalue weighted by Gasteiger charge is 2.32. The van der Waals surface area contributed by atoms with Crippen molar-refractivity contribution in [1.82, 2.24) is 14.7 Å². The lowest BCUT2D eigenvalue weighted by atomic mass is 10.1. The number of ether oxygens (including phenoxy) is 2. The highest BCUT2D eigenvalue weighted by Crippen LogP contribution is 2.26. The van der Waals surface area contributed by atoms with Crippen LogP contribution >= 0.6 is 0 Å². The third kappa shape index (κ3) is 4.60. The highest BCUT2D eigenvalue weighted by atomic mass is 16.6. The average molecular weight is 419 g/mol. The average Bonchev–Trinajstić information content (AvgIpc) is 3.28. The first-order valence-corrected chi connectivity index (χ1v) is 10.4. The number of para-hydroxylation sites is 1. The predicted molar refractivity (Wildman–Crippen MR) is 115 cm³/mol. The van der Waals surface area contributed by atoms with Crippen molar-refractivity contribution in [2.24, 2.45) is 0 Å². The summed E-state index contributed by atoms with van der Waals surface area (Å²) in [5.74, 6) is -0.627. The second-order valence-electron chi connectivity index (χ2n) is 7.41. The largest absolute Gasteiger partial charge is 0.493 e. The van der Waals surface area contributed by atoms with E-state index >= 15 is 0 Å². The van der Waals surface area contributed by atoms with Crippen LogP contribution in [0.5, 0.6) is 5.75 Å². The van der Waals surface area contributed by atoms with Gasteiger partial charge in [-0.2, -0.15) is 5.10 Å². The molecule has 7 nitrogen and oxygen atoms in total. The van der Waals surface area contributed by atoms with Gasteiger partial charge >= 0.3 is 5.97 Å². The molecule has 160 valence electrons. The Labute approximate surface area is 181 Å². The summed E-state index contributed by atoms with van der Waals surface area (Å²) in [7, 11) is 1.47. The first kappa shape index (κ1) is 20.7. The van der Waals surface area contributed by atoms with Crippen LogP contribution in [0.4, 0.5) is 0 Å². The fourth-order valence-corrected chi connectivity index (χ4v) is 3.69. The molecule has 1 aliphatic heterocycles. The number of aromatic nitrogens is 2. The van der Waals surface area contributed by atoms with Crippen LogP contribution in [0.3, 0.4) is 0 Å². The topological polar surface area (TPSA) is 73.7 Å². The summed E-state index contributed by atoms with van der Waals surface area (Å²) in [6.07, 6.45) is 3.61. The fourth-order valence-electron chi connectivity index (χ4n) is 3.69. The lowest BCUT2D eigenvalue weighted by Gasteiger charge is -2.30. The van der Waals surface area contributed by atoms with Crippen molar-refractivity contribution in [3.8, 4) is 11.4 Å². The van der Waals surface area contributed by atoms with E-state index in [1.54, 1.807) is 27.9 Å². The van der Waals surface area contributed by atoms with Crippen molar-refractivity contribution >= 4 is 11.9 Å². The lowest BCUT2D eigenvalue weighted by molar-refractivity contribution is -0.142. The number of methoxy groups -OCH3 is 1. The molecule has 0 aliphatic carbocycles. The fraction of sp³-hybridized carbons (Fsp3) is 0.292. The van der Waals surface area contributed by atoms with Crippen LogP contribution in [0.2, 0.25) is 0 Å². The number of nitrogens with zero attached hydrogens (tertiary/aromatic N) is 3. The van der Waals surface area contributed by atoms with E-state index in [1.165, 1.54) is 7.11 Å². The molecule has 2 aromatic carbocycles. The van der Waals surface area contributed by atoms with E-state index in [-0.39, 0.29) is 17.4 Å². The van der Waals surface area contributed by atoms with Gasteiger partial charge in [0, 0.05) is 18.7 Å². The number of benzene rings is 2. The molecule has 7 heteroatoms. The van der Waals surface area contributed by atoms with Crippen LogP contribution in [0.15, 0.2) is 66.9 Å². The lowest BCUT2D eigenvalue weighted by Crippen LogP contribution is -2.40. The number of hydrogen-bond acceptors (Lipinski definition) is 5. The molecule has 1 aliphatic rings. The van der Waals surface area contributed by atoms with E-state index in [9.17, 15) is 9.59 Å². The van der Waals surface area contributed by atoms with Crippen LogP contribution in [0, 0.1) is 0 Å². The number of likely N-dealkylation sites (tertiary alicyclic amines) is 1. The minimum atomic E-state index is -1.03. The SMILES string of the molecule is COc1cn(-c2ccccc2)nc1C(=O)OC(C(=O)N1CCCCC1)c1ccccc1. The zero-order chi connectivity index (χ0) is 21.6. The Balaban J connectivity index is 1.62. The zero-order valence-corrected chi connectivity index (χ0v) is 17.4. The molecular formula is C24H25N3O4. The van der Waals surface area contributed by atoms with Gasteiger partial charge in [0.25, 0.3) is 5.91 Å². The first-order chi connectivity index (χ1) is 15.2. The molecule has 1 aromatic heterocycles. The van der Waals surface area contributed by atoms with E-state index in [2.05, 4.69) is 5.10 Å². The Bertz CT molecular complexity index is 1030. The molecular weight excluding hydrogens is 394 g/mol. The van der Waals surface area contributed by atoms with Crippen molar-refractivity contribution < 1.29 is 19.1 Å². The maximum atomic E-state index is 13.2. The molecule has 1 amide bonds. The molecule has 1 fully saturated rings. The monoisotopic (exact) mass is 419 g/mol. The van der Waals surface area contributed by atoms with Crippen molar-refractivity contribution in [1.29, 1.82) is 0 Å². The molecule has 1 atom stereocenters. The van der Waals surface area contributed by atoms with Gasteiger partial charge in [0.15, 0.2) is 5.75 Å². The number of carbonyl (C=O) groups is 2. The highest BCUT2D eigenvalue weighted by molar-refractivity contribution is 5.93. The minimum Gasteiger partial charge on any atom is -0.493 e. The summed E-state index contributed by atoms with van der Waals surface area (Å²) >= 11 is 0. The van der Waals surface area contributed by atoms with Crippen molar-refractivity contribution in [2.75, 3.05) is 20.2 Å². The molecule has 0 spiro atoms. The van der Waals surface area contributed by atoms with Gasteiger partial charge in [0.2, 0.25) is 11.8 Å². The molecule has 0 bridgehead atoms. The summed E-state index contributed by atoms with van der Waals surface area (Å²) in [5.41, 5.74) is 1.44. The van der Waals surface area contributed by atoms with Gasteiger partial charge in [-0.1, -0.05) is 48.5 Å². The van der Waals surface area contributed by atoms with Gasteiger partial charge in [-0.15, -0.1) is 0 Å². The van der Waals surface area contributed by atoms with Gasteiger partial charge < -0.3 is 14.4 Å². The third-order valence-corrected chi connectivity index (χ3v) is 5.33. The smallest absolute Gasteiger partial charge is 0.363 e. The quantitative estimate of drug-likeness (QED) is 0.569. The zero-order valence-electron chi connectivity index (χ0n) is 17.4. The van der Waals surface area contributed by atoms with Crippen molar-refractivity contribution in [3.63, 3.8) is 0 Å². The predicted octanol–water partition coefficient (Wildman–Crippen LogP) is 3.79. The molecule has 2 heterocycles. The Hall–Kier alpha value is -3.61. The van der Waals surface area contributed by atoms with Gasteiger partial charge in [-0.3, -0.25) is 4.79 Å². The van der Waals surface area contributed by atoms with Crippen LogP contribution in [-0.4, -0.2) is 46.8 Å². The molecule has 0 saturated carbocycles. The third-order valence-electron chi connectivity index (χ3n) is 5.33. The van der Waals surface area contributed by atoms with E-state index in [1.807, 2.05) is 48.5 Å². The molecule has 4 rings (SSSR count). The number of hydrogen-bond donors (Lipinski definition) is 0. The maximum absolute atomic E-state index is 13.2. The van der Waals surface area contributed by atoms with Crippen LogP contribution < -0.4 is 4.74 Å². The van der Waals surface area contributed by atoms with Gasteiger partial charge in [-0.05, 0) is 31.4 Å². The normalized spacial score (nSPS) is 14.7. The molecule has 1 unspecified atom stereocenters. The summed E-state index contributed by atoms with van der Waals surface area (Å²) < 4.78 is 12.7. The van der Waals surface area contributed by atoms with E-state index < -0.39 is 12.1 Å². The van der Waals surface area contributed by atoms with E-state index in [0.29, 0.717) is 18.7 Å². The first-order valence-electron chi connectivity index (χ1n) is 10.4. The van der Waals surface area contributed by atoms with Gasteiger partial charge in [0.1, 0.15) is 0 Å². The molecule has 31 heavy (non-hydrogen) atoms. The standard InChI is InChI=1S/C24H25N3O4/c1-30-20-17-27(19-13-7-3-8-14-19)25-21(20)24(29)31-22(18-11-5-2-6-12-18)23(28)26-15-9-4-10-16-26/h2-3,5-8,11-14,17,22H,4,9-10,15-16H2,1H3. The Morgan fingerprint density at radius 1 is 0.935 bits per heavy atom. The van der Waals surface area contributed by atoms with Crippen LogP contribution in [0.25, 0.3) is 5.69 Å². The number of esters is 1.